The first kappa shape index (κ1) is 15.2. The maximum atomic E-state index is 10.6. The number of nitro groups is 1. The first-order valence-corrected chi connectivity index (χ1v) is 6.24. The number of aliphatic hydroxyl groups is 1. The van der Waals surface area contributed by atoms with Crippen LogP contribution in [0.2, 0.25) is 0 Å². The molecule has 0 heterocycles. The fraction of sp³-hybridized carbons (Fsp3) is 0.538. The zero-order valence-corrected chi connectivity index (χ0v) is 11.3. The van der Waals surface area contributed by atoms with E-state index in [1.54, 1.807) is 12.1 Å². The van der Waals surface area contributed by atoms with Crippen molar-refractivity contribution in [2.45, 2.75) is 26.7 Å². The van der Waals surface area contributed by atoms with Crippen LogP contribution in [-0.2, 0) is 0 Å². The lowest BCUT2D eigenvalue weighted by Crippen LogP contribution is -2.23. The molecule has 4 N–H and O–H groups in total. The maximum Gasteiger partial charge on any atom is 0.292 e. The Kier molecular flexibility index (Phi) is 5.11. The molecule has 0 aliphatic carbocycles. The van der Waals surface area contributed by atoms with Crippen LogP contribution in [-0.4, -0.2) is 23.2 Å². The van der Waals surface area contributed by atoms with Gasteiger partial charge in [0.25, 0.3) is 5.69 Å². The van der Waals surface area contributed by atoms with Gasteiger partial charge in [-0.3, -0.25) is 10.1 Å². The van der Waals surface area contributed by atoms with Crippen LogP contribution in [0, 0.1) is 15.5 Å². The molecule has 0 bridgehead atoms. The summed E-state index contributed by atoms with van der Waals surface area (Å²) < 4.78 is 0. The summed E-state index contributed by atoms with van der Waals surface area (Å²) >= 11 is 0. The molecular weight excluding hydrogens is 246 g/mol. The molecule has 0 amide bonds. The highest BCUT2D eigenvalue weighted by molar-refractivity contribution is 5.65. The number of benzene rings is 1. The van der Waals surface area contributed by atoms with Crippen molar-refractivity contribution in [3.05, 3.63) is 28.3 Å². The van der Waals surface area contributed by atoms with E-state index >= 15 is 0 Å². The summed E-state index contributed by atoms with van der Waals surface area (Å²) in [6.07, 6.45) is 1.66. The van der Waals surface area contributed by atoms with Gasteiger partial charge in [-0.15, -0.1) is 0 Å². The average molecular weight is 267 g/mol. The van der Waals surface area contributed by atoms with Gasteiger partial charge in [-0.1, -0.05) is 13.8 Å². The lowest BCUT2D eigenvalue weighted by atomic mass is 9.88. The number of nitro benzene ring substituents is 1. The molecular formula is C13H21N3O3. The number of nitrogen functional groups attached to an aromatic ring is 1. The maximum absolute atomic E-state index is 10.6. The second-order valence-corrected chi connectivity index (χ2v) is 5.38. The molecule has 0 aliphatic heterocycles. The fourth-order valence-corrected chi connectivity index (χ4v) is 1.82. The average Bonchev–Trinajstić information content (AvgIpc) is 2.34. The van der Waals surface area contributed by atoms with E-state index < -0.39 is 4.92 Å². The normalized spacial score (nSPS) is 11.3. The summed E-state index contributed by atoms with van der Waals surface area (Å²) in [5.41, 5.74) is 6.51. The molecule has 6 heteroatoms. The van der Waals surface area contributed by atoms with Gasteiger partial charge in [-0.25, -0.2) is 0 Å². The van der Waals surface area contributed by atoms with Gasteiger partial charge in [-0.2, -0.15) is 0 Å². The Hall–Kier alpha value is -1.82. The highest BCUT2D eigenvalue weighted by atomic mass is 16.6. The second-order valence-electron chi connectivity index (χ2n) is 5.38. The topological polar surface area (TPSA) is 101 Å². The van der Waals surface area contributed by atoms with Gasteiger partial charge < -0.3 is 16.2 Å². The Morgan fingerprint density at radius 2 is 2.16 bits per heavy atom. The number of rotatable bonds is 7. The van der Waals surface area contributed by atoms with Crippen LogP contribution < -0.4 is 11.1 Å². The van der Waals surface area contributed by atoms with Crippen LogP contribution in [0.15, 0.2) is 18.2 Å². The quantitative estimate of drug-likeness (QED) is 0.400. The number of nitrogens with two attached hydrogens (primary N) is 1. The van der Waals surface area contributed by atoms with E-state index in [4.69, 9.17) is 10.8 Å². The van der Waals surface area contributed by atoms with Crippen molar-refractivity contribution < 1.29 is 10.0 Å². The van der Waals surface area contributed by atoms with Crippen molar-refractivity contribution in [2.75, 3.05) is 24.2 Å². The summed E-state index contributed by atoms with van der Waals surface area (Å²) in [6.45, 7) is 5.10. The summed E-state index contributed by atoms with van der Waals surface area (Å²) in [5, 5.41) is 22.7. The number of nitrogens with one attached hydrogen (secondary N) is 1. The third-order valence-corrected chi connectivity index (χ3v) is 3.01. The van der Waals surface area contributed by atoms with Gasteiger partial charge >= 0.3 is 0 Å². The van der Waals surface area contributed by atoms with E-state index in [-0.39, 0.29) is 23.4 Å². The largest absolute Gasteiger partial charge is 0.396 e. The monoisotopic (exact) mass is 267 g/mol. The molecule has 0 spiro atoms. The molecule has 0 saturated carbocycles. The Labute approximate surface area is 112 Å². The molecule has 0 fully saturated rings. The number of aliphatic hydroxyl groups excluding tert-OH is 1. The molecule has 1 aromatic rings. The first-order chi connectivity index (χ1) is 8.85. The molecule has 106 valence electrons. The summed E-state index contributed by atoms with van der Waals surface area (Å²) in [4.78, 5) is 10.2. The lowest BCUT2D eigenvalue weighted by molar-refractivity contribution is -0.383. The Bertz CT molecular complexity index is 447. The van der Waals surface area contributed by atoms with Gasteiger partial charge in [0.2, 0.25) is 0 Å². The number of nitrogens with zero attached hydrogens (tertiary/aromatic N) is 1. The van der Waals surface area contributed by atoms with Crippen LogP contribution in [0.4, 0.5) is 17.1 Å². The van der Waals surface area contributed by atoms with Crippen molar-refractivity contribution >= 4 is 17.1 Å². The highest BCUT2D eigenvalue weighted by Crippen LogP contribution is 2.27. The van der Waals surface area contributed by atoms with Crippen LogP contribution in [0.25, 0.3) is 0 Å². The van der Waals surface area contributed by atoms with Gasteiger partial charge in [-0.05, 0) is 30.4 Å². The van der Waals surface area contributed by atoms with Gasteiger partial charge in [0, 0.05) is 24.9 Å². The van der Waals surface area contributed by atoms with Crippen molar-refractivity contribution in [2.24, 2.45) is 5.41 Å². The van der Waals surface area contributed by atoms with E-state index in [9.17, 15) is 10.1 Å². The number of anilines is 2. The third kappa shape index (κ3) is 4.75. The Morgan fingerprint density at radius 3 is 2.68 bits per heavy atom. The van der Waals surface area contributed by atoms with E-state index in [1.807, 2.05) is 0 Å². The van der Waals surface area contributed by atoms with E-state index in [0.29, 0.717) is 6.54 Å². The third-order valence-electron chi connectivity index (χ3n) is 3.01. The molecule has 0 aliphatic rings. The highest BCUT2D eigenvalue weighted by Gasteiger charge is 2.17. The molecule has 19 heavy (non-hydrogen) atoms. The molecule has 0 unspecified atom stereocenters. The van der Waals surface area contributed by atoms with Crippen LogP contribution >= 0.6 is 0 Å². The summed E-state index contributed by atoms with van der Waals surface area (Å²) in [5.74, 6) is 0. The lowest BCUT2D eigenvalue weighted by Gasteiger charge is -2.25. The minimum atomic E-state index is -0.496. The predicted molar refractivity (Wildman–Crippen MR) is 76.1 cm³/mol. The van der Waals surface area contributed by atoms with Gasteiger partial charge in [0.15, 0.2) is 0 Å². The summed E-state index contributed by atoms with van der Waals surface area (Å²) in [6, 6.07) is 4.62. The van der Waals surface area contributed by atoms with Crippen molar-refractivity contribution in [1.82, 2.24) is 0 Å². The zero-order chi connectivity index (χ0) is 14.5. The SMILES string of the molecule is CC(C)(CCCO)CNc1ccc([N+](=O)[O-])c(N)c1. The molecule has 1 rings (SSSR count). The molecule has 6 nitrogen and oxygen atoms in total. The number of hydrogen-bond acceptors (Lipinski definition) is 5. The summed E-state index contributed by atoms with van der Waals surface area (Å²) in [7, 11) is 0. The second kappa shape index (κ2) is 6.38. The number of hydrogen-bond donors (Lipinski definition) is 3. The molecule has 0 atom stereocenters. The van der Waals surface area contributed by atoms with Crippen molar-refractivity contribution in [1.29, 1.82) is 0 Å². The van der Waals surface area contributed by atoms with Crippen molar-refractivity contribution in [3.8, 4) is 0 Å². The fourth-order valence-electron chi connectivity index (χ4n) is 1.82. The molecule has 0 aromatic heterocycles. The molecule has 0 saturated heterocycles. The minimum absolute atomic E-state index is 0.0409. The van der Waals surface area contributed by atoms with Gasteiger partial charge in [0.05, 0.1) is 4.92 Å². The Balaban J connectivity index is 2.63. The van der Waals surface area contributed by atoms with E-state index in [0.717, 1.165) is 18.5 Å². The predicted octanol–water partition coefficient (Wildman–Crippen LogP) is 2.39. The minimum Gasteiger partial charge on any atom is -0.396 e. The molecule has 1 aromatic carbocycles. The van der Waals surface area contributed by atoms with Crippen LogP contribution in [0.3, 0.4) is 0 Å². The Morgan fingerprint density at radius 1 is 1.47 bits per heavy atom. The zero-order valence-electron chi connectivity index (χ0n) is 11.3. The molecule has 0 radical (unpaired) electrons. The van der Waals surface area contributed by atoms with E-state index in [1.165, 1.54) is 6.07 Å². The first-order valence-electron chi connectivity index (χ1n) is 6.24. The standard InChI is InChI=1S/C13H21N3O3/c1-13(2,6-3-7-17)9-15-10-4-5-12(16(18)19)11(14)8-10/h4-5,8,15,17H,3,6-7,9,14H2,1-2H3. The van der Waals surface area contributed by atoms with Crippen molar-refractivity contribution in [3.63, 3.8) is 0 Å². The van der Waals surface area contributed by atoms with Crippen LogP contribution in [0.1, 0.15) is 26.7 Å². The smallest absolute Gasteiger partial charge is 0.292 e. The van der Waals surface area contributed by atoms with E-state index in [2.05, 4.69) is 19.2 Å². The van der Waals surface area contributed by atoms with Crippen LogP contribution in [0.5, 0.6) is 0 Å². The van der Waals surface area contributed by atoms with Gasteiger partial charge in [0.1, 0.15) is 5.69 Å².